The number of aryl methyl sites for hydroxylation is 1. The molecular formula is C19H20N2O5. The number of carbonyl (C=O) groups excluding carboxylic acids is 2. The lowest BCUT2D eigenvalue weighted by atomic mass is 10.1. The van der Waals surface area contributed by atoms with Gasteiger partial charge >= 0.3 is 5.97 Å². The molecule has 0 atom stereocenters. The Kier molecular flexibility index (Phi) is 6.73. The Balaban J connectivity index is 2.02. The van der Waals surface area contributed by atoms with Gasteiger partial charge in [-0.15, -0.1) is 0 Å². The summed E-state index contributed by atoms with van der Waals surface area (Å²) in [5.74, 6) is 0.0584. The van der Waals surface area contributed by atoms with Gasteiger partial charge in [0.2, 0.25) is 0 Å². The van der Waals surface area contributed by atoms with E-state index in [0.29, 0.717) is 22.6 Å². The number of esters is 1. The lowest BCUT2D eigenvalue weighted by molar-refractivity contribution is -0.142. The van der Waals surface area contributed by atoms with Crippen molar-refractivity contribution in [3.63, 3.8) is 0 Å². The molecule has 0 radical (unpaired) electrons. The summed E-state index contributed by atoms with van der Waals surface area (Å²) in [6.07, 6.45) is 1.49. The number of nitrogens with one attached hydrogen (secondary N) is 1. The molecular weight excluding hydrogens is 336 g/mol. The lowest BCUT2D eigenvalue weighted by Gasteiger charge is -2.10. The first-order chi connectivity index (χ1) is 12.5. The van der Waals surface area contributed by atoms with Gasteiger partial charge in [0, 0.05) is 5.56 Å². The molecule has 0 saturated carbocycles. The maximum absolute atomic E-state index is 12.1. The number of nitrogens with zero attached hydrogens (tertiary/aromatic N) is 1. The van der Waals surface area contributed by atoms with Gasteiger partial charge in [-0.05, 0) is 42.3 Å². The van der Waals surface area contributed by atoms with Crippen molar-refractivity contribution in [3.05, 3.63) is 59.2 Å². The number of carbonyl (C=O) groups is 2. The third-order valence-electron chi connectivity index (χ3n) is 3.53. The van der Waals surface area contributed by atoms with Gasteiger partial charge in [-0.25, -0.2) is 10.2 Å². The Hall–Kier alpha value is -3.35. The van der Waals surface area contributed by atoms with E-state index in [4.69, 9.17) is 9.47 Å². The smallest absolute Gasteiger partial charge is 0.343 e. The largest absolute Gasteiger partial charge is 0.493 e. The van der Waals surface area contributed by atoms with Crippen LogP contribution in [0.3, 0.4) is 0 Å². The van der Waals surface area contributed by atoms with Gasteiger partial charge in [-0.3, -0.25) is 4.79 Å². The molecule has 0 aliphatic carbocycles. The monoisotopic (exact) mass is 356 g/mol. The van der Waals surface area contributed by atoms with Crippen LogP contribution in [0.1, 0.15) is 21.5 Å². The Labute approximate surface area is 151 Å². The van der Waals surface area contributed by atoms with E-state index in [0.717, 1.165) is 5.56 Å². The van der Waals surface area contributed by atoms with Gasteiger partial charge in [0.1, 0.15) is 0 Å². The standard InChI is InChI=1S/C19H20N2O5/c1-13-6-4-5-7-15(13)19(23)21-20-11-14-8-9-16(17(10-14)24-2)26-12-18(22)25-3/h4-11H,12H2,1-3H3,(H,21,23)/b20-11+. The Morgan fingerprint density at radius 3 is 2.58 bits per heavy atom. The van der Waals surface area contributed by atoms with Crippen molar-refractivity contribution in [2.75, 3.05) is 20.8 Å². The molecule has 26 heavy (non-hydrogen) atoms. The molecule has 2 rings (SSSR count). The third-order valence-corrected chi connectivity index (χ3v) is 3.53. The van der Waals surface area contributed by atoms with Crippen LogP contribution < -0.4 is 14.9 Å². The van der Waals surface area contributed by atoms with Gasteiger partial charge in [0.25, 0.3) is 5.91 Å². The highest BCUT2D eigenvalue weighted by Gasteiger charge is 2.09. The fourth-order valence-electron chi connectivity index (χ4n) is 2.13. The highest BCUT2D eigenvalue weighted by atomic mass is 16.6. The van der Waals surface area contributed by atoms with E-state index in [9.17, 15) is 9.59 Å². The number of ether oxygens (including phenoxy) is 3. The Bertz CT molecular complexity index is 817. The highest BCUT2D eigenvalue weighted by Crippen LogP contribution is 2.27. The number of hydrogen-bond acceptors (Lipinski definition) is 6. The van der Waals surface area contributed by atoms with E-state index in [2.05, 4.69) is 15.3 Å². The zero-order chi connectivity index (χ0) is 18.9. The quantitative estimate of drug-likeness (QED) is 0.467. The molecule has 0 aromatic heterocycles. The molecule has 0 unspecified atom stereocenters. The van der Waals surface area contributed by atoms with E-state index in [1.165, 1.54) is 20.4 Å². The van der Waals surface area contributed by atoms with E-state index < -0.39 is 5.97 Å². The number of rotatable bonds is 7. The molecule has 0 saturated heterocycles. The summed E-state index contributed by atoms with van der Waals surface area (Å²) in [5.41, 5.74) is 4.61. The summed E-state index contributed by atoms with van der Waals surface area (Å²) in [4.78, 5) is 23.2. The highest BCUT2D eigenvalue weighted by molar-refractivity contribution is 5.96. The average molecular weight is 356 g/mol. The zero-order valence-corrected chi connectivity index (χ0v) is 14.8. The first kappa shape index (κ1) is 19.0. The number of benzene rings is 2. The molecule has 2 aromatic carbocycles. The normalized spacial score (nSPS) is 10.4. The first-order valence-electron chi connectivity index (χ1n) is 7.82. The van der Waals surface area contributed by atoms with Crippen molar-refractivity contribution in [1.29, 1.82) is 0 Å². The zero-order valence-electron chi connectivity index (χ0n) is 14.8. The maximum atomic E-state index is 12.1. The van der Waals surface area contributed by atoms with Gasteiger partial charge < -0.3 is 14.2 Å². The molecule has 0 aliphatic heterocycles. The summed E-state index contributed by atoms with van der Waals surface area (Å²) < 4.78 is 15.1. The molecule has 1 N–H and O–H groups in total. The second-order valence-electron chi connectivity index (χ2n) is 5.29. The molecule has 0 bridgehead atoms. The Morgan fingerprint density at radius 1 is 1.12 bits per heavy atom. The van der Waals surface area contributed by atoms with E-state index in [-0.39, 0.29) is 12.5 Å². The van der Waals surface area contributed by atoms with Crippen molar-refractivity contribution in [2.24, 2.45) is 5.10 Å². The van der Waals surface area contributed by atoms with E-state index >= 15 is 0 Å². The minimum atomic E-state index is -0.489. The van der Waals surface area contributed by atoms with Crippen LogP contribution in [0, 0.1) is 6.92 Å². The van der Waals surface area contributed by atoms with Crippen molar-refractivity contribution in [3.8, 4) is 11.5 Å². The summed E-state index contributed by atoms with van der Waals surface area (Å²) >= 11 is 0. The molecule has 1 amide bonds. The second kappa shape index (κ2) is 9.22. The minimum absolute atomic E-state index is 0.215. The second-order valence-corrected chi connectivity index (χ2v) is 5.29. The lowest BCUT2D eigenvalue weighted by Crippen LogP contribution is -2.18. The fraction of sp³-hybridized carbons (Fsp3) is 0.211. The van der Waals surface area contributed by atoms with Gasteiger partial charge in [0.15, 0.2) is 18.1 Å². The molecule has 0 heterocycles. The Morgan fingerprint density at radius 2 is 1.88 bits per heavy atom. The molecule has 2 aromatic rings. The van der Waals surface area contributed by atoms with Gasteiger partial charge in [-0.2, -0.15) is 5.10 Å². The first-order valence-corrected chi connectivity index (χ1v) is 7.82. The van der Waals surface area contributed by atoms with Crippen LogP contribution >= 0.6 is 0 Å². The molecule has 0 aliphatic rings. The van der Waals surface area contributed by atoms with Crippen LogP contribution in [0.4, 0.5) is 0 Å². The molecule has 0 spiro atoms. The van der Waals surface area contributed by atoms with Crippen LogP contribution in [0.25, 0.3) is 0 Å². The fourth-order valence-corrected chi connectivity index (χ4v) is 2.13. The molecule has 0 fully saturated rings. The van der Waals surface area contributed by atoms with Crippen molar-refractivity contribution in [1.82, 2.24) is 5.43 Å². The number of hydrazone groups is 1. The van der Waals surface area contributed by atoms with E-state index in [1.54, 1.807) is 30.3 Å². The van der Waals surface area contributed by atoms with Crippen molar-refractivity contribution < 1.29 is 23.8 Å². The predicted molar refractivity (Wildman–Crippen MR) is 96.7 cm³/mol. The maximum Gasteiger partial charge on any atom is 0.343 e. The van der Waals surface area contributed by atoms with Gasteiger partial charge in [-0.1, -0.05) is 18.2 Å². The SMILES string of the molecule is COC(=O)COc1ccc(/C=N/NC(=O)c2ccccc2C)cc1OC. The van der Waals surface area contributed by atoms with Crippen LogP contribution in [0.5, 0.6) is 11.5 Å². The predicted octanol–water partition coefficient (Wildman–Crippen LogP) is 2.32. The summed E-state index contributed by atoms with van der Waals surface area (Å²) in [5, 5.41) is 3.96. The average Bonchev–Trinajstić information content (AvgIpc) is 2.66. The third kappa shape index (κ3) is 5.07. The molecule has 7 heteroatoms. The van der Waals surface area contributed by atoms with Gasteiger partial charge in [0.05, 0.1) is 20.4 Å². The number of hydrogen-bond donors (Lipinski definition) is 1. The van der Waals surface area contributed by atoms with Crippen LogP contribution in [0.2, 0.25) is 0 Å². The topological polar surface area (TPSA) is 86.2 Å². The van der Waals surface area contributed by atoms with Crippen LogP contribution in [-0.4, -0.2) is 38.9 Å². The summed E-state index contributed by atoms with van der Waals surface area (Å²) in [7, 11) is 2.77. The summed E-state index contributed by atoms with van der Waals surface area (Å²) in [6, 6.07) is 12.3. The van der Waals surface area contributed by atoms with Crippen molar-refractivity contribution >= 4 is 18.1 Å². The minimum Gasteiger partial charge on any atom is -0.493 e. The number of amides is 1. The number of methoxy groups -OCH3 is 2. The van der Waals surface area contributed by atoms with Crippen molar-refractivity contribution in [2.45, 2.75) is 6.92 Å². The molecule has 136 valence electrons. The molecule has 7 nitrogen and oxygen atoms in total. The van der Waals surface area contributed by atoms with Crippen LogP contribution in [0.15, 0.2) is 47.6 Å². The van der Waals surface area contributed by atoms with Crippen LogP contribution in [-0.2, 0) is 9.53 Å². The van der Waals surface area contributed by atoms with E-state index in [1.807, 2.05) is 19.1 Å². The summed E-state index contributed by atoms with van der Waals surface area (Å²) in [6.45, 7) is 1.64.